The van der Waals surface area contributed by atoms with Gasteiger partial charge in [0, 0.05) is 6.54 Å². The summed E-state index contributed by atoms with van der Waals surface area (Å²) in [4.78, 5) is 22.5. The van der Waals surface area contributed by atoms with Crippen molar-refractivity contribution < 1.29 is 0 Å². The Balaban J connectivity index is 1.66. The molecule has 1 saturated heterocycles. The second-order valence-electron chi connectivity index (χ2n) is 6.42. The van der Waals surface area contributed by atoms with E-state index in [-0.39, 0.29) is 5.56 Å². The number of hydrogen-bond donors (Lipinski definition) is 1. The maximum atomic E-state index is 12.2. The number of hydrogen-bond acceptors (Lipinski definition) is 3. The van der Waals surface area contributed by atoms with Gasteiger partial charge >= 0.3 is 0 Å². The highest BCUT2D eigenvalue weighted by Crippen LogP contribution is 2.34. The van der Waals surface area contributed by atoms with Crippen molar-refractivity contribution in [2.24, 2.45) is 5.92 Å². The predicted molar refractivity (Wildman–Crippen MR) is 83.3 cm³/mol. The van der Waals surface area contributed by atoms with E-state index >= 15 is 0 Å². The standard InChI is InChI=1S/C17H21N3O/c21-17-13-7-1-2-8-14(13)18-16(19-17)15-9-4-10-20(15)11-12-5-3-6-12/h1-2,7-8,12,15H,3-6,9-11H2,(H,18,19,21). The Bertz CT molecular complexity index is 704. The first-order chi connectivity index (χ1) is 10.3. The van der Waals surface area contributed by atoms with Gasteiger partial charge in [-0.1, -0.05) is 18.6 Å². The van der Waals surface area contributed by atoms with Crippen molar-refractivity contribution in [2.75, 3.05) is 13.1 Å². The van der Waals surface area contributed by atoms with Gasteiger partial charge < -0.3 is 4.98 Å². The van der Waals surface area contributed by atoms with Crippen molar-refractivity contribution in [3.05, 3.63) is 40.4 Å². The third-order valence-corrected chi connectivity index (χ3v) is 5.03. The van der Waals surface area contributed by atoms with Crippen LogP contribution in [0.5, 0.6) is 0 Å². The van der Waals surface area contributed by atoms with E-state index in [0.29, 0.717) is 11.4 Å². The highest BCUT2D eigenvalue weighted by Gasteiger charge is 2.31. The molecule has 0 spiro atoms. The number of rotatable bonds is 3. The zero-order chi connectivity index (χ0) is 14.2. The summed E-state index contributed by atoms with van der Waals surface area (Å²) in [7, 11) is 0. The van der Waals surface area contributed by atoms with E-state index in [2.05, 4.69) is 9.88 Å². The van der Waals surface area contributed by atoms with E-state index in [0.717, 1.165) is 30.2 Å². The molecule has 1 unspecified atom stereocenters. The fraction of sp³-hybridized carbons (Fsp3) is 0.529. The van der Waals surface area contributed by atoms with Gasteiger partial charge in [-0.3, -0.25) is 9.69 Å². The molecule has 1 N–H and O–H groups in total. The number of aromatic nitrogens is 2. The SMILES string of the molecule is O=c1[nH]c(C2CCCN2CC2CCC2)nc2ccccc12. The normalized spacial score (nSPS) is 23.5. The molecule has 0 amide bonds. The summed E-state index contributed by atoms with van der Waals surface area (Å²) >= 11 is 0. The first-order valence-corrected chi connectivity index (χ1v) is 8.04. The summed E-state index contributed by atoms with van der Waals surface area (Å²) in [6.45, 7) is 2.30. The first kappa shape index (κ1) is 13.0. The Morgan fingerprint density at radius 1 is 1.19 bits per heavy atom. The van der Waals surface area contributed by atoms with Gasteiger partial charge in [-0.05, 0) is 50.3 Å². The quantitative estimate of drug-likeness (QED) is 0.942. The van der Waals surface area contributed by atoms with Crippen LogP contribution in [-0.4, -0.2) is 28.0 Å². The number of aromatic amines is 1. The zero-order valence-corrected chi connectivity index (χ0v) is 12.2. The predicted octanol–water partition coefficient (Wildman–Crippen LogP) is 2.86. The van der Waals surface area contributed by atoms with Crippen LogP contribution in [0.1, 0.15) is 44.0 Å². The first-order valence-electron chi connectivity index (χ1n) is 8.04. The Morgan fingerprint density at radius 2 is 2.05 bits per heavy atom. The van der Waals surface area contributed by atoms with Gasteiger partial charge in [-0.2, -0.15) is 0 Å². The molecule has 0 bridgehead atoms. The molecule has 21 heavy (non-hydrogen) atoms. The minimum Gasteiger partial charge on any atom is -0.309 e. The van der Waals surface area contributed by atoms with Crippen LogP contribution in [0.25, 0.3) is 10.9 Å². The molecule has 2 aliphatic rings. The number of nitrogens with zero attached hydrogens (tertiary/aromatic N) is 2. The van der Waals surface area contributed by atoms with Crippen LogP contribution in [0.4, 0.5) is 0 Å². The highest BCUT2D eigenvalue weighted by atomic mass is 16.1. The largest absolute Gasteiger partial charge is 0.309 e. The second kappa shape index (κ2) is 5.26. The van der Waals surface area contributed by atoms with Crippen molar-refractivity contribution in [1.82, 2.24) is 14.9 Å². The average Bonchev–Trinajstić information content (AvgIpc) is 2.91. The molecule has 2 aromatic rings. The number of para-hydroxylation sites is 1. The Kier molecular flexibility index (Phi) is 3.26. The van der Waals surface area contributed by atoms with Gasteiger partial charge in [0.2, 0.25) is 0 Å². The van der Waals surface area contributed by atoms with Crippen LogP contribution >= 0.6 is 0 Å². The summed E-state index contributed by atoms with van der Waals surface area (Å²) in [6.07, 6.45) is 6.42. The van der Waals surface area contributed by atoms with Crippen molar-refractivity contribution >= 4 is 10.9 Å². The van der Waals surface area contributed by atoms with Gasteiger partial charge in [-0.25, -0.2) is 4.98 Å². The Morgan fingerprint density at radius 3 is 2.86 bits per heavy atom. The Hall–Kier alpha value is -1.68. The van der Waals surface area contributed by atoms with Crippen LogP contribution in [0.3, 0.4) is 0 Å². The molecule has 4 nitrogen and oxygen atoms in total. The molecule has 2 heterocycles. The average molecular weight is 283 g/mol. The molecular formula is C17H21N3O. The zero-order valence-electron chi connectivity index (χ0n) is 12.2. The number of likely N-dealkylation sites (tertiary alicyclic amines) is 1. The summed E-state index contributed by atoms with van der Waals surface area (Å²) in [5.41, 5.74) is 0.804. The van der Waals surface area contributed by atoms with E-state index in [1.165, 1.54) is 32.2 Å². The smallest absolute Gasteiger partial charge is 0.258 e. The van der Waals surface area contributed by atoms with Crippen LogP contribution in [-0.2, 0) is 0 Å². The lowest BCUT2D eigenvalue weighted by atomic mass is 9.85. The van der Waals surface area contributed by atoms with E-state index in [4.69, 9.17) is 4.98 Å². The van der Waals surface area contributed by atoms with Crippen LogP contribution in [0.2, 0.25) is 0 Å². The minimum absolute atomic E-state index is 0.00825. The fourth-order valence-electron chi connectivity index (χ4n) is 3.62. The lowest BCUT2D eigenvalue weighted by Crippen LogP contribution is -2.33. The van der Waals surface area contributed by atoms with E-state index < -0.39 is 0 Å². The lowest BCUT2D eigenvalue weighted by molar-refractivity contribution is 0.162. The summed E-state index contributed by atoms with van der Waals surface area (Å²) < 4.78 is 0. The van der Waals surface area contributed by atoms with Crippen molar-refractivity contribution in [3.8, 4) is 0 Å². The number of fused-ring (bicyclic) bond motifs is 1. The van der Waals surface area contributed by atoms with Gasteiger partial charge in [0.15, 0.2) is 0 Å². The number of nitrogens with one attached hydrogen (secondary N) is 1. The monoisotopic (exact) mass is 283 g/mol. The summed E-state index contributed by atoms with van der Waals surface area (Å²) in [5, 5.41) is 0.685. The molecule has 1 aromatic carbocycles. The van der Waals surface area contributed by atoms with Gasteiger partial charge in [-0.15, -0.1) is 0 Å². The van der Waals surface area contributed by atoms with Crippen molar-refractivity contribution in [1.29, 1.82) is 0 Å². The molecule has 0 radical (unpaired) electrons. The summed E-state index contributed by atoms with van der Waals surface area (Å²) in [5.74, 6) is 1.72. The molecular weight excluding hydrogens is 262 g/mol. The number of H-pyrrole nitrogens is 1. The molecule has 2 fully saturated rings. The summed E-state index contributed by atoms with van der Waals surface area (Å²) in [6, 6.07) is 7.89. The van der Waals surface area contributed by atoms with Crippen LogP contribution in [0, 0.1) is 5.92 Å². The maximum absolute atomic E-state index is 12.2. The third-order valence-electron chi connectivity index (χ3n) is 5.03. The van der Waals surface area contributed by atoms with Crippen molar-refractivity contribution in [2.45, 2.75) is 38.1 Å². The minimum atomic E-state index is -0.00825. The topological polar surface area (TPSA) is 49.0 Å². The second-order valence-corrected chi connectivity index (χ2v) is 6.42. The highest BCUT2D eigenvalue weighted by molar-refractivity contribution is 5.77. The molecule has 4 heteroatoms. The molecule has 1 atom stereocenters. The van der Waals surface area contributed by atoms with Crippen LogP contribution in [0.15, 0.2) is 29.1 Å². The van der Waals surface area contributed by atoms with Crippen LogP contribution < -0.4 is 5.56 Å². The van der Waals surface area contributed by atoms with Gasteiger partial charge in [0.25, 0.3) is 5.56 Å². The van der Waals surface area contributed by atoms with Crippen molar-refractivity contribution in [3.63, 3.8) is 0 Å². The van der Waals surface area contributed by atoms with Gasteiger partial charge in [0.1, 0.15) is 5.82 Å². The lowest BCUT2D eigenvalue weighted by Gasteiger charge is -2.33. The van der Waals surface area contributed by atoms with Gasteiger partial charge in [0.05, 0.1) is 16.9 Å². The molecule has 4 rings (SSSR count). The molecule has 110 valence electrons. The molecule has 1 aliphatic heterocycles. The van der Waals surface area contributed by atoms with E-state index in [1.807, 2.05) is 24.3 Å². The van der Waals surface area contributed by atoms with E-state index in [1.54, 1.807) is 0 Å². The van der Waals surface area contributed by atoms with E-state index in [9.17, 15) is 4.79 Å². The molecule has 1 aromatic heterocycles. The third kappa shape index (κ3) is 2.38. The Labute approximate surface area is 124 Å². The maximum Gasteiger partial charge on any atom is 0.258 e. The number of benzene rings is 1. The molecule has 1 saturated carbocycles. The molecule has 1 aliphatic carbocycles. The fourth-order valence-corrected chi connectivity index (χ4v) is 3.62.